The largest absolute Gasteiger partial charge is 0.496 e. The Labute approximate surface area is 156 Å². The van der Waals surface area contributed by atoms with E-state index in [1.54, 1.807) is 20.4 Å². The first-order chi connectivity index (χ1) is 12.3. The number of hydrogen-bond acceptors (Lipinski definition) is 6. The molecule has 26 heavy (non-hydrogen) atoms. The number of aryl methyl sites for hydroxylation is 1. The molecule has 0 saturated carbocycles. The number of nitrogen functional groups attached to an aromatic ring is 1. The number of ether oxygens (including phenoxy) is 1. The highest BCUT2D eigenvalue weighted by molar-refractivity contribution is 7.70. The summed E-state index contributed by atoms with van der Waals surface area (Å²) >= 11 is 0. The number of nitrogens with two attached hydrogens (primary N) is 1. The van der Waals surface area contributed by atoms with Crippen LogP contribution in [0.1, 0.15) is 36.6 Å². The molecule has 1 heterocycles. The summed E-state index contributed by atoms with van der Waals surface area (Å²) in [7, 11) is -0.714. The van der Waals surface area contributed by atoms with E-state index in [1.165, 1.54) is 0 Å². The highest BCUT2D eigenvalue weighted by atomic mass is 31.2. The van der Waals surface area contributed by atoms with Gasteiger partial charge >= 0.3 is 0 Å². The smallest absolute Gasteiger partial charge is 0.222 e. The Morgan fingerprint density at radius 2 is 2.00 bits per heavy atom. The van der Waals surface area contributed by atoms with Gasteiger partial charge in [-0.3, -0.25) is 0 Å². The average Bonchev–Trinajstić information content (AvgIpc) is 2.57. The van der Waals surface area contributed by atoms with Gasteiger partial charge in [-0.15, -0.1) is 0 Å². The van der Waals surface area contributed by atoms with Gasteiger partial charge in [0.1, 0.15) is 18.7 Å². The Morgan fingerprint density at radius 3 is 2.62 bits per heavy atom. The number of nitrogens with zero attached hydrogens (tertiary/aromatic N) is 2. The summed E-state index contributed by atoms with van der Waals surface area (Å²) < 4.78 is 18.0. The molecule has 0 radical (unpaired) electrons. The van der Waals surface area contributed by atoms with Crippen molar-refractivity contribution >= 4 is 24.2 Å². The average molecular weight is 376 g/mol. The van der Waals surface area contributed by atoms with Crippen molar-refractivity contribution in [2.75, 3.05) is 38.0 Å². The Balaban J connectivity index is 2.45. The zero-order valence-corrected chi connectivity index (χ0v) is 17.2. The lowest BCUT2D eigenvalue weighted by molar-refractivity contribution is 0.410. The van der Waals surface area contributed by atoms with Gasteiger partial charge in [0, 0.05) is 29.5 Å². The SMILES string of the molecule is CCCCNc1nc(N)nc(C)c1Cc1cc(P(C)(C)=O)ccc1OC. The molecule has 1 aromatic carbocycles. The van der Waals surface area contributed by atoms with Gasteiger partial charge in [-0.2, -0.15) is 4.98 Å². The molecule has 0 aliphatic carbocycles. The standard InChI is InChI=1S/C19H29N4O2P/c1-6-7-10-21-18-16(13(2)22-19(20)23-18)12-14-11-15(26(4,5)24)8-9-17(14)25-3/h8-9,11H,6-7,10,12H2,1-5H3,(H3,20,21,22,23). The second-order valence-electron chi connectivity index (χ2n) is 6.80. The van der Waals surface area contributed by atoms with E-state index in [-0.39, 0.29) is 5.95 Å². The third-order valence-corrected chi connectivity index (χ3v) is 5.83. The number of unbranched alkanes of at least 4 members (excludes halogenated alkanes) is 1. The zero-order valence-electron chi connectivity index (χ0n) is 16.3. The van der Waals surface area contributed by atoms with E-state index in [1.807, 2.05) is 25.1 Å². The molecule has 2 aromatic rings. The summed E-state index contributed by atoms with van der Waals surface area (Å²) in [4.78, 5) is 8.70. The molecule has 0 fully saturated rings. The van der Waals surface area contributed by atoms with Crippen LogP contribution in [-0.2, 0) is 11.0 Å². The fraction of sp³-hybridized carbons (Fsp3) is 0.474. The Hall–Kier alpha value is -2.07. The first-order valence-electron chi connectivity index (χ1n) is 8.85. The van der Waals surface area contributed by atoms with Crippen LogP contribution in [-0.4, -0.2) is 37.0 Å². The molecule has 0 saturated heterocycles. The fourth-order valence-electron chi connectivity index (χ4n) is 2.79. The monoisotopic (exact) mass is 376 g/mol. The second kappa shape index (κ2) is 8.54. The van der Waals surface area contributed by atoms with Crippen LogP contribution >= 0.6 is 7.14 Å². The third kappa shape index (κ3) is 4.98. The molecule has 0 amide bonds. The number of methoxy groups -OCH3 is 1. The molecule has 3 N–H and O–H groups in total. The van der Waals surface area contributed by atoms with E-state index in [9.17, 15) is 4.57 Å². The predicted octanol–water partition coefficient (Wildman–Crippen LogP) is 3.43. The molecular weight excluding hydrogens is 347 g/mol. The van der Waals surface area contributed by atoms with Crippen molar-refractivity contribution in [3.8, 4) is 5.75 Å². The van der Waals surface area contributed by atoms with Gasteiger partial charge in [-0.05, 0) is 50.4 Å². The van der Waals surface area contributed by atoms with Gasteiger partial charge in [0.05, 0.1) is 7.11 Å². The highest BCUT2D eigenvalue weighted by Gasteiger charge is 2.17. The van der Waals surface area contributed by atoms with Crippen molar-refractivity contribution in [3.05, 3.63) is 35.0 Å². The third-order valence-electron chi connectivity index (χ3n) is 4.31. The number of nitrogens with one attached hydrogen (secondary N) is 1. The van der Waals surface area contributed by atoms with E-state index >= 15 is 0 Å². The van der Waals surface area contributed by atoms with Crippen LogP contribution in [0.15, 0.2) is 18.2 Å². The van der Waals surface area contributed by atoms with Crippen LogP contribution in [0.3, 0.4) is 0 Å². The molecule has 1 aromatic heterocycles. The maximum absolute atomic E-state index is 12.5. The molecule has 2 rings (SSSR count). The van der Waals surface area contributed by atoms with Crippen LogP contribution < -0.4 is 21.1 Å². The number of hydrogen-bond donors (Lipinski definition) is 2. The molecule has 7 heteroatoms. The van der Waals surface area contributed by atoms with Crippen molar-refractivity contribution in [1.29, 1.82) is 0 Å². The quantitative estimate of drug-likeness (QED) is 0.542. The number of rotatable bonds is 8. The first-order valence-corrected chi connectivity index (χ1v) is 11.5. The molecule has 0 aliphatic rings. The zero-order chi connectivity index (χ0) is 19.3. The summed E-state index contributed by atoms with van der Waals surface area (Å²) in [6.07, 6.45) is 2.73. The normalized spacial score (nSPS) is 11.4. The fourth-order valence-corrected chi connectivity index (χ4v) is 3.69. The molecule has 142 valence electrons. The second-order valence-corrected chi connectivity index (χ2v) is 10.0. The first kappa shape index (κ1) is 20.2. The van der Waals surface area contributed by atoms with Gasteiger partial charge in [0.2, 0.25) is 5.95 Å². The van der Waals surface area contributed by atoms with Crippen LogP contribution in [0.5, 0.6) is 5.75 Å². The topological polar surface area (TPSA) is 90.1 Å². The summed E-state index contributed by atoms with van der Waals surface area (Å²) in [5.74, 6) is 1.78. The van der Waals surface area contributed by atoms with E-state index < -0.39 is 7.14 Å². The minimum absolute atomic E-state index is 0.262. The number of anilines is 2. The minimum Gasteiger partial charge on any atom is -0.496 e. The predicted molar refractivity (Wildman–Crippen MR) is 109 cm³/mol. The molecular formula is C19H29N4O2P. The molecule has 0 atom stereocenters. The van der Waals surface area contributed by atoms with Gasteiger partial charge in [0.25, 0.3) is 0 Å². The molecule has 0 spiro atoms. The van der Waals surface area contributed by atoms with Crippen molar-refractivity contribution < 1.29 is 9.30 Å². The van der Waals surface area contributed by atoms with Gasteiger partial charge in [0.15, 0.2) is 0 Å². The summed E-state index contributed by atoms with van der Waals surface area (Å²) in [6.45, 7) is 8.45. The van der Waals surface area contributed by atoms with E-state index in [0.717, 1.165) is 53.1 Å². The summed E-state index contributed by atoms with van der Waals surface area (Å²) in [6, 6.07) is 5.71. The lowest BCUT2D eigenvalue weighted by Gasteiger charge is -2.17. The van der Waals surface area contributed by atoms with Crippen molar-refractivity contribution in [3.63, 3.8) is 0 Å². The Kier molecular flexibility index (Phi) is 6.65. The van der Waals surface area contributed by atoms with Crippen LogP contribution in [0, 0.1) is 6.92 Å². The number of benzene rings is 1. The summed E-state index contributed by atoms with van der Waals surface area (Å²) in [5, 5.41) is 4.21. The highest BCUT2D eigenvalue weighted by Crippen LogP contribution is 2.36. The van der Waals surface area contributed by atoms with E-state index in [4.69, 9.17) is 10.5 Å². The van der Waals surface area contributed by atoms with E-state index in [2.05, 4.69) is 22.2 Å². The molecule has 0 aliphatic heterocycles. The van der Waals surface area contributed by atoms with Crippen LogP contribution in [0.25, 0.3) is 0 Å². The van der Waals surface area contributed by atoms with Crippen molar-refractivity contribution in [2.24, 2.45) is 0 Å². The van der Waals surface area contributed by atoms with Crippen LogP contribution in [0.4, 0.5) is 11.8 Å². The Bertz CT molecular complexity index is 817. The minimum atomic E-state index is -2.36. The lowest BCUT2D eigenvalue weighted by atomic mass is 10.0. The van der Waals surface area contributed by atoms with Gasteiger partial charge in [-0.1, -0.05) is 13.3 Å². The molecule has 0 bridgehead atoms. The summed E-state index contributed by atoms with van der Waals surface area (Å²) in [5.41, 5.74) is 8.61. The van der Waals surface area contributed by atoms with Gasteiger partial charge < -0.3 is 20.4 Å². The lowest BCUT2D eigenvalue weighted by Crippen LogP contribution is -2.12. The van der Waals surface area contributed by atoms with Gasteiger partial charge in [-0.25, -0.2) is 4.98 Å². The van der Waals surface area contributed by atoms with Crippen molar-refractivity contribution in [1.82, 2.24) is 9.97 Å². The maximum Gasteiger partial charge on any atom is 0.222 e. The Morgan fingerprint density at radius 1 is 1.27 bits per heavy atom. The van der Waals surface area contributed by atoms with Crippen molar-refractivity contribution in [2.45, 2.75) is 33.1 Å². The number of aromatic nitrogens is 2. The van der Waals surface area contributed by atoms with Crippen LogP contribution in [0.2, 0.25) is 0 Å². The van der Waals surface area contributed by atoms with E-state index in [0.29, 0.717) is 6.42 Å². The molecule has 6 nitrogen and oxygen atoms in total. The maximum atomic E-state index is 12.5. The molecule has 0 unspecified atom stereocenters.